The first-order chi connectivity index (χ1) is 8.88. The predicted octanol–water partition coefficient (Wildman–Crippen LogP) is 3.02. The lowest BCUT2D eigenvalue weighted by molar-refractivity contribution is 0.0195. The van der Waals surface area contributed by atoms with Gasteiger partial charge in [0.1, 0.15) is 6.61 Å². The van der Waals surface area contributed by atoms with Crippen LogP contribution in [0.25, 0.3) is 0 Å². The summed E-state index contributed by atoms with van der Waals surface area (Å²) in [5.74, 6) is 0.840. The summed E-state index contributed by atoms with van der Waals surface area (Å²) in [5.41, 5.74) is 0.955. The molecule has 18 heavy (non-hydrogen) atoms. The van der Waals surface area contributed by atoms with Crippen LogP contribution in [-0.2, 0) is 17.9 Å². The molecule has 0 aromatic carbocycles. The van der Waals surface area contributed by atoms with Crippen LogP contribution in [0.2, 0.25) is 0 Å². The van der Waals surface area contributed by atoms with Gasteiger partial charge in [0.05, 0.1) is 11.8 Å². The number of hydrogen-bond donors (Lipinski definition) is 1. The van der Waals surface area contributed by atoms with Crippen molar-refractivity contribution < 1.29 is 9.26 Å². The quantitative estimate of drug-likeness (QED) is 0.791. The molecule has 102 valence electrons. The zero-order valence-corrected chi connectivity index (χ0v) is 11.3. The lowest BCUT2D eigenvalue weighted by Crippen LogP contribution is -2.12. The average Bonchev–Trinajstić information content (AvgIpc) is 2.68. The van der Waals surface area contributed by atoms with E-state index in [1.54, 1.807) is 0 Å². The molecule has 0 aliphatic heterocycles. The maximum absolute atomic E-state index is 5.91. The Kier molecular flexibility index (Phi) is 5.68. The summed E-state index contributed by atoms with van der Waals surface area (Å²) < 4.78 is 11.2. The highest BCUT2D eigenvalue weighted by Crippen LogP contribution is 2.21. The Hall–Kier alpha value is -0.870. The van der Waals surface area contributed by atoms with Crippen LogP contribution in [-0.4, -0.2) is 17.8 Å². The van der Waals surface area contributed by atoms with E-state index in [-0.39, 0.29) is 0 Å². The van der Waals surface area contributed by atoms with Gasteiger partial charge in [0, 0.05) is 12.6 Å². The topological polar surface area (TPSA) is 47.3 Å². The Morgan fingerprint density at radius 1 is 1.33 bits per heavy atom. The Labute approximate surface area is 109 Å². The van der Waals surface area contributed by atoms with Gasteiger partial charge in [-0.25, -0.2) is 0 Å². The monoisotopic (exact) mass is 252 g/mol. The number of ether oxygens (including phenoxy) is 1. The van der Waals surface area contributed by atoms with Crippen molar-refractivity contribution in [2.75, 3.05) is 6.54 Å². The van der Waals surface area contributed by atoms with Crippen LogP contribution < -0.4 is 5.32 Å². The zero-order valence-electron chi connectivity index (χ0n) is 11.3. The van der Waals surface area contributed by atoms with Crippen molar-refractivity contribution in [3.63, 3.8) is 0 Å². The molecule has 0 saturated heterocycles. The van der Waals surface area contributed by atoms with Crippen molar-refractivity contribution in [3.8, 4) is 0 Å². The summed E-state index contributed by atoms with van der Waals surface area (Å²) in [4.78, 5) is 0. The van der Waals surface area contributed by atoms with Gasteiger partial charge < -0.3 is 14.6 Å². The zero-order chi connectivity index (χ0) is 12.6. The predicted molar refractivity (Wildman–Crippen MR) is 70.2 cm³/mol. The molecule has 0 spiro atoms. The van der Waals surface area contributed by atoms with Crippen LogP contribution in [0.4, 0.5) is 0 Å². The Morgan fingerprint density at radius 3 is 2.83 bits per heavy atom. The molecule has 1 heterocycles. The van der Waals surface area contributed by atoms with Crippen LogP contribution in [0.1, 0.15) is 56.9 Å². The van der Waals surface area contributed by atoms with Gasteiger partial charge in [-0.1, -0.05) is 37.8 Å². The molecule has 4 nitrogen and oxygen atoms in total. The lowest BCUT2D eigenvalue weighted by Gasteiger charge is -2.13. The molecule has 0 radical (unpaired) electrons. The first kappa shape index (κ1) is 13.6. The lowest BCUT2D eigenvalue weighted by atomic mass is 10.1. The van der Waals surface area contributed by atoms with Crippen LogP contribution in [0.15, 0.2) is 10.6 Å². The molecule has 1 N–H and O–H groups in total. The summed E-state index contributed by atoms with van der Waals surface area (Å²) in [6.45, 7) is 4.35. The van der Waals surface area contributed by atoms with E-state index in [4.69, 9.17) is 9.26 Å². The summed E-state index contributed by atoms with van der Waals surface area (Å²) >= 11 is 0. The standard InChI is InChI=1S/C14H24N2O2/c1-2-15-10-12-9-14(18-16-12)11-17-13-7-5-3-4-6-8-13/h9,13,15H,2-8,10-11H2,1H3. The van der Waals surface area contributed by atoms with Gasteiger partial charge in [-0.2, -0.15) is 0 Å². The van der Waals surface area contributed by atoms with Crippen molar-refractivity contribution in [3.05, 3.63) is 17.5 Å². The second-order valence-corrected chi connectivity index (χ2v) is 4.99. The molecule has 0 unspecified atom stereocenters. The summed E-state index contributed by atoms with van der Waals surface area (Å²) in [5, 5.41) is 7.25. The first-order valence-electron chi connectivity index (χ1n) is 7.15. The molecule has 0 atom stereocenters. The van der Waals surface area contributed by atoms with Crippen LogP contribution in [0, 0.1) is 0 Å². The van der Waals surface area contributed by atoms with Gasteiger partial charge in [-0.3, -0.25) is 0 Å². The first-order valence-corrected chi connectivity index (χ1v) is 7.15. The molecule has 1 saturated carbocycles. The minimum absolute atomic E-state index is 0.412. The maximum Gasteiger partial charge on any atom is 0.162 e. The molecule has 2 rings (SSSR count). The van der Waals surface area contributed by atoms with Crippen molar-refractivity contribution in [1.82, 2.24) is 10.5 Å². The fraction of sp³-hybridized carbons (Fsp3) is 0.786. The summed E-state index contributed by atoms with van der Waals surface area (Å²) in [6.07, 6.45) is 8.11. The minimum atomic E-state index is 0.412. The molecule has 1 aliphatic rings. The molecular formula is C14H24N2O2. The highest BCUT2D eigenvalue weighted by molar-refractivity contribution is 5.04. The van der Waals surface area contributed by atoms with Crippen molar-refractivity contribution >= 4 is 0 Å². The summed E-state index contributed by atoms with van der Waals surface area (Å²) in [7, 11) is 0. The molecule has 1 aliphatic carbocycles. The molecular weight excluding hydrogens is 228 g/mol. The normalized spacial score (nSPS) is 17.8. The Balaban J connectivity index is 1.73. The number of rotatable bonds is 6. The fourth-order valence-corrected chi connectivity index (χ4v) is 2.37. The smallest absolute Gasteiger partial charge is 0.162 e. The molecule has 1 aromatic rings. The maximum atomic E-state index is 5.91. The Bertz CT molecular complexity index is 330. The fourth-order valence-electron chi connectivity index (χ4n) is 2.37. The molecule has 1 aromatic heterocycles. The van der Waals surface area contributed by atoms with E-state index in [1.165, 1.54) is 38.5 Å². The van der Waals surface area contributed by atoms with Gasteiger partial charge in [-0.15, -0.1) is 0 Å². The van der Waals surface area contributed by atoms with E-state index in [1.807, 2.05) is 6.07 Å². The molecule has 4 heteroatoms. The van der Waals surface area contributed by atoms with E-state index >= 15 is 0 Å². The third-order valence-corrected chi connectivity index (χ3v) is 3.43. The Morgan fingerprint density at radius 2 is 2.11 bits per heavy atom. The van der Waals surface area contributed by atoms with E-state index in [0.717, 1.165) is 24.5 Å². The van der Waals surface area contributed by atoms with E-state index < -0.39 is 0 Å². The second-order valence-electron chi connectivity index (χ2n) is 4.99. The second kappa shape index (κ2) is 7.54. The van der Waals surface area contributed by atoms with Crippen LogP contribution >= 0.6 is 0 Å². The highest BCUT2D eigenvalue weighted by Gasteiger charge is 2.13. The molecule has 0 amide bonds. The number of nitrogens with one attached hydrogen (secondary N) is 1. The SMILES string of the molecule is CCNCc1cc(COC2CCCCCC2)on1. The van der Waals surface area contributed by atoms with E-state index in [9.17, 15) is 0 Å². The minimum Gasteiger partial charge on any atom is -0.370 e. The van der Waals surface area contributed by atoms with Gasteiger partial charge in [0.2, 0.25) is 0 Å². The number of aromatic nitrogens is 1. The molecule has 0 bridgehead atoms. The van der Waals surface area contributed by atoms with Gasteiger partial charge in [0.15, 0.2) is 5.76 Å². The third kappa shape index (κ3) is 4.42. The van der Waals surface area contributed by atoms with Gasteiger partial charge in [-0.05, 0) is 19.4 Å². The van der Waals surface area contributed by atoms with Crippen molar-refractivity contribution in [2.45, 2.75) is 64.7 Å². The van der Waals surface area contributed by atoms with Crippen molar-refractivity contribution in [2.24, 2.45) is 0 Å². The average molecular weight is 252 g/mol. The van der Waals surface area contributed by atoms with Gasteiger partial charge >= 0.3 is 0 Å². The number of hydrogen-bond acceptors (Lipinski definition) is 4. The third-order valence-electron chi connectivity index (χ3n) is 3.43. The summed E-state index contributed by atoms with van der Waals surface area (Å²) in [6, 6.07) is 1.99. The highest BCUT2D eigenvalue weighted by atomic mass is 16.5. The largest absolute Gasteiger partial charge is 0.370 e. The van der Waals surface area contributed by atoms with Crippen molar-refractivity contribution in [1.29, 1.82) is 0 Å². The van der Waals surface area contributed by atoms with E-state index in [0.29, 0.717) is 12.7 Å². The van der Waals surface area contributed by atoms with Crippen LogP contribution in [0.5, 0.6) is 0 Å². The van der Waals surface area contributed by atoms with E-state index in [2.05, 4.69) is 17.4 Å². The van der Waals surface area contributed by atoms with Gasteiger partial charge in [0.25, 0.3) is 0 Å². The molecule has 1 fully saturated rings. The number of nitrogens with zero attached hydrogens (tertiary/aromatic N) is 1. The van der Waals surface area contributed by atoms with Crippen LogP contribution in [0.3, 0.4) is 0 Å².